The van der Waals surface area contributed by atoms with Gasteiger partial charge in [-0.2, -0.15) is 0 Å². The summed E-state index contributed by atoms with van der Waals surface area (Å²) in [4.78, 5) is 28.3. The van der Waals surface area contributed by atoms with Crippen molar-refractivity contribution in [1.29, 1.82) is 0 Å². The Morgan fingerprint density at radius 2 is 2.04 bits per heavy atom. The number of rotatable bonds is 6. The first-order valence-electron chi connectivity index (χ1n) is 8.68. The summed E-state index contributed by atoms with van der Waals surface area (Å²) in [5.74, 6) is 0.0866. The summed E-state index contributed by atoms with van der Waals surface area (Å²) in [5.41, 5.74) is 2.82. The third kappa shape index (κ3) is 4.52. The number of nitrogens with zero attached hydrogens (tertiary/aromatic N) is 2. The molecule has 2 amide bonds. The van der Waals surface area contributed by atoms with Crippen molar-refractivity contribution >= 4 is 34.8 Å². The standard InChI is InChI=1S/C20H22ClN3O3/c1-23(12-19(25)22-16-11-15(21)7-8-18(16)27-2)20(26)13-24-10-9-14-5-3-4-6-17(14)24/h3-8,11H,9-10,12-13H2,1-2H3,(H,22,25). The summed E-state index contributed by atoms with van der Waals surface area (Å²) in [6.45, 7) is 1.01. The van der Waals surface area contributed by atoms with Gasteiger partial charge in [0.05, 0.1) is 25.9 Å². The summed E-state index contributed by atoms with van der Waals surface area (Å²) >= 11 is 5.97. The molecule has 2 aromatic rings. The van der Waals surface area contributed by atoms with Gasteiger partial charge in [0.2, 0.25) is 11.8 Å². The van der Waals surface area contributed by atoms with Gasteiger partial charge >= 0.3 is 0 Å². The fourth-order valence-corrected chi connectivity index (χ4v) is 3.30. The normalized spacial score (nSPS) is 12.5. The zero-order valence-corrected chi connectivity index (χ0v) is 16.1. The predicted octanol–water partition coefficient (Wildman–Crippen LogP) is 2.81. The molecule has 6 nitrogen and oxygen atoms in total. The number of amides is 2. The van der Waals surface area contributed by atoms with Crippen molar-refractivity contribution in [2.45, 2.75) is 6.42 Å². The second-order valence-electron chi connectivity index (χ2n) is 6.44. The molecule has 0 saturated carbocycles. The van der Waals surface area contributed by atoms with E-state index in [9.17, 15) is 9.59 Å². The Hall–Kier alpha value is -2.73. The molecule has 142 valence electrons. The van der Waals surface area contributed by atoms with Gasteiger partial charge in [0.1, 0.15) is 5.75 Å². The van der Waals surface area contributed by atoms with Crippen LogP contribution in [-0.4, -0.2) is 50.5 Å². The number of nitrogens with one attached hydrogen (secondary N) is 1. The van der Waals surface area contributed by atoms with Crippen molar-refractivity contribution in [3.8, 4) is 5.75 Å². The van der Waals surface area contributed by atoms with Crippen LogP contribution in [0.15, 0.2) is 42.5 Å². The maximum absolute atomic E-state index is 12.5. The largest absolute Gasteiger partial charge is 0.495 e. The van der Waals surface area contributed by atoms with Crippen LogP contribution in [0.5, 0.6) is 5.75 Å². The van der Waals surface area contributed by atoms with Crippen LogP contribution in [0.25, 0.3) is 0 Å². The Morgan fingerprint density at radius 3 is 2.81 bits per heavy atom. The number of fused-ring (bicyclic) bond motifs is 1. The third-order valence-electron chi connectivity index (χ3n) is 4.55. The van der Waals surface area contributed by atoms with Gasteiger partial charge in [-0.3, -0.25) is 9.59 Å². The molecular weight excluding hydrogens is 366 g/mol. The summed E-state index contributed by atoms with van der Waals surface area (Å²) in [5, 5.41) is 3.23. The highest BCUT2D eigenvalue weighted by atomic mass is 35.5. The number of halogens is 1. The van der Waals surface area contributed by atoms with Gasteiger partial charge in [-0.25, -0.2) is 0 Å². The number of anilines is 2. The van der Waals surface area contributed by atoms with E-state index in [1.54, 1.807) is 25.2 Å². The average Bonchev–Trinajstić information content (AvgIpc) is 3.05. The second-order valence-corrected chi connectivity index (χ2v) is 6.88. The first-order chi connectivity index (χ1) is 13.0. The summed E-state index contributed by atoms with van der Waals surface area (Å²) in [6, 6.07) is 13.0. The Morgan fingerprint density at radius 1 is 1.26 bits per heavy atom. The van der Waals surface area contributed by atoms with Crippen molar-refractivity contribution in [2.75, 3.05) is 44.0 Å². The molecule has 27 heavy (non-hydrogen) atoms. The van der Waals surface area contributed by atoms with E-state index in [2.05, 4.69) is 11.4 Å². The van der Waals surface area contributed by atoms with E-state index in [0.717, 1.165) is 18.7 Å². The van der Waals surface area contributed by atoms with Gasteiger partial charge in [-0.05, 0) is 36.2 Å². The van der Waals surface area contributed by atoms with E-state index in [0.29, 0.717) is 16.5 Å². The van der Waals surface area contributed by atoms with E-state index < -0.39 is 0 Å². The fraction of sp³-hybridized carbons (Fsp3) is 0.300. The maximum atomic E-state index is 12.5. The topological polar surface area (TPSA) is 61.9 Å². The maximum Gasteiger partial charge on any atom is 0.244 e. The number of benzene rings is 2. The van der Waals surface area contributed by atoms with Crippen molar-refractivity contribution in [2.24, 2.45) is 0 Å². The lowest BCUT2D eigenvalue weighted by atomic mass is 10.2. The van der Waals surface area contributed by atoms with Crippen LogP contribution in [0, 0.1) is 0 Å². The highest BCUT2D eigenvalue weighted by Crippen LogP contribution is 2.28. The molecule has 1 aliphatic heterocycles. The minimum Gasteiger partial charge on any atom is -0.495 e. The number of carbonyl (C=O) groups is 2. The van der Waals surface area contributed by atoms with E-state index >= 15 is 0 Å². The smallest absolute Gasteiger partial charge is 0.244 e. The molecule has 0 aliphatic carbocycles. The quantitative estimate of drug-likeness (QED) is 0.828. The van der Waals surface area contributed by atoms with Crippen molar-refractivity contribution < 1.29 is 14.3 Å². The Balaban J connectivity index is 1.57. The number of hydrogen-bond donors (Lipinski definition) is 1. The molecule has 1 aliphatic rings. The highest BCUT2D eigenvalue weighted by molar-refractivity contribution is 6.31. The molecular formula is C20H22ClN3O3. The molecule has 1 heterocycles. The number of carbonyl (C=O) groups excluding carboxylic acids is 2. The van der Waals surface area contributed by atoms with Crippen LogP contribution in [0.3, 0.4) is 0 Å². The molecule has 0 fully saturated rings. The molecule has 0 aromatic heterocycles. The molecule has 0 bridgehead atoms. The van der Waals surface area contributed by atoms with Gasteiger partial charge in [0.25, 0.3) is 0 Å². The fourth-order valence-electron chi connectivity index (χ4n) is 3.13. The number of ether oxygens (including phenoxy) is 1. The van der Waals surface area contributed by atoms with Crippen LogP contribution in [0.1, 0.15) is 5.56 Å². The average molecular weight is 388 g/mol. The molecule has 0 unspecified atom stereocenters. The monoisotopic (exact) mass is 387 g/mol. The van der Waals surface area contributed by atoms with E-state index in [-0.39, 0.29) is 24.9 Å². The van der Waals surface area contributed by atoms with E-state index in [4.69, 9.17) is 16.3 Å². The lowest BCUT2D eigenvalue weighted by molar-refractivity contribution is -0.132. The van der Waals surface area contributed by atoms with Gasteiger partial charge in [0.15, 0.2) is 0 Å². The molecule has 0 atom stereocenters. The minimum absolute atomic E-state index is 0.0516. The molecule has 3 rings (SSSR count). The van der Waals surface area contributed by atoms with Crippen LogP contribution in [-0.2, 0) is 16.0 Å². The lowest BCUT2D eigenvalue weighted by Gasteiger charge is -2.23. The number of likely N-dealkylation sites (N-methyl/N-ethyl adjacent to an activating group) is 1. The zero-order chi connectivity index (χ0) is 19.4. The summed E-state index contributed by atoms with van der Waals surface area (Å²) < 4.78 is 5.22. The molecule has 1 N–H and O–H groups in total. The zero-order valence-electron chi connectivity index (χ0n) is 15.4. The molecule has 0 spiro atoms. The van der Waals surface area contributed by atoms with Gasteiger partial charge in [-0.15, -0.1) is 0 Å². The Labute approximate surface area is 163 Å². The number of para-hydroxylation sites is 1. The van der Waals surface area contributed by atoms with Gasteiger partial charge in [0, 0.05) is 24.3 Å². The van der Waals surface area contributed by atoms with E-state index in [1.165, 1.54) is 17.6 Å². The predicted molar refractivity (Wildman–Crippen MR) is 107 cm³/mol. The molecule has 7 heteroatoms. The van der Waals surface area contributed by atoms with Crippen LogP contribution >= 0.6 is 11.6 Å². The lowest BCUT2D eigenvalue weighted by Crippen LogP contribution is -2.41. The van der Waals surface area contributed by atoms with E-state index in [1.807, 2.05) is 23.1 Å². The first-order valence-corrected chi connectivity index (χ1v) is 9.06. The molecule has 0 radical (unpaired) electrons. The van der Waals surface area contributed by atoms with Crippen molar-refractivity contribution in [3.05, 3.63) is 53.1 Å². The number of methoxy groups -OCH3 is 1. The van der Waals surface area contributed by atoms with Gasteiger partial charge in [-0.1, -0.05) is 29.8 Å². The summed E-state index contributed by atoms with van der Waals surface area (Å²) in [6.07, 6.45) is 0.933. The molecule has 2 aromatic carbocycles. The Kier molecular flexibility index (Phi) is 5.86. The summed E-state index contributed by atoms with van der Waals surface area (Å²) in [7, 11) is 3.14. The second kappa shape index (κ2) is 8.31. The number of hydrogen-bond acceptors (Lipinski definition) is 4. The molecule has 0 saturated heterocycles. The first kappa shape index (κ1) is 19.0. The third-order valence-corrected chi connectivity index (χ3v) is 4.79. The Bertz CT molecular complexity index is 856. The van der Waals surface area contributed by atoms with Crippen molar-refractivity contribution in [1.82, 2.24) is 4.90 Å². The van der Waals surface area contributed by atoms with Crippen LogP contribution in [0.2, 0.25) is 5.02 Å². The minimum atomic E-state index is -0.312. The highest BCUT2D eigenvalue weighted by Gasteiger charge is 2.23. The SMILES string of the molecule is COc1ccc(Cl)cc1NC(=O)CN(C)C(=O)CN1CCc2ccccc21. The van der Waals surface area contributed by atoms with Gasteiger partial charge < -0.3 is 19.9 Å². The van der Waals surface area contributed by atoms with Crippen molar-refractivity contribution in [3.63, 3.8) is 0 Å². The van der Waals surface area contributed by atoms with Crippen LogP contribution < -0.4 is 15.0 Å². The van der Waals surface area contributed by atoms with Crippen LogP contribution in [0.4, 0.5) is 11.4 Å².